The zero-order chi connectivity index (χ0) is 13.7. The largest absolute Gasteiger partial charge is 0.353 e. The third-order valence-electron chi connectivity index (χ3n) is 3.99. The summed E-state index contributed by atoms with van der Waals surface area (Å²) in [7, 11) is 0. The first kappa shape index (κ1) is 11.2. The molecule has 2 unspecified atom stereocenters. The molecule has 0 spiro atoms. The van der Waals surface area contributed by atoms with Gasteiger partial charge in [0.1, 0.15) is 0 Å². The molecule has 4 nitrogen and oxygen atoms in total. The second kappa shape index (κ2) is 3.93. The first-order valence-corrected chi connectivity index (χ1v) is 6.61. The number of fused-ring (bicyclic) bond motifs is 2. The zero-order valence-corrected chi connectivity index (χ0v) is 10.7. The lowest BCUT2D eigenvalue weighted by atomic mass is 9.90. The van der Waals surface area contributed by atoms with Crippen LogP contribution < -0.4 is 10.6 Å². The second-order valence-electron chi connectivity index (χ2n) is 5.13. The number of hydrogen-bond donors (Lipinski definition) is 3. The maximum Gasteiger partial charge on any atom is 0.250 e. The van der Waals surface area contributed by atoms with Crippen molar-refractivity contribution in [1.29, 1.82) is 5.41 Å². The summed E-state index contributed by atoms with van der Waals surface area (Å²) in [5.74, 6) is -0.0825. The topological polar surface area (TPSA) is 65.0 Å². The minimum absolute atomic E-state index is 0.00432. The number of hydrogen-bond acceptors (Lipinski definition) is 3. The van der Waals surface area contributed by atoms with E-state index in [4.69, 9.17) is 5.41 Å². The monoisotopic (exact) mass is 263 g/mol. The van der Waals surface area contributed by atoms with Crippen molar-refractivity contribution in [2.75, 3.05) is 5.32 Å². The molecule has 2 heterocycles. The molecule has 1 fully saturated rings. The van der Waals surface area contributed by atoms with E-state index >= 15 is 0 Å². The number of carbonyl (C=O) groups excluding carboxylic acids is 1. The van der Waals surface area contributed by atoms with Crippen LogP contribution in [-0.2, 0) is 4.79 Å². The van der Waals surface area contributed by atoms with Gasteiger partial charge in [0.05, 0.1) is 23.0 Å². The van der Waals surface area contributed by atoms with E-state index < -0.39 is 0 Å². The minimum Gasteiger partial charge on any atom is -0.353 e. The highest BCUT2D eigenvalue weighted by Crippen LogP contribution is 2.36. The van der Waals surface area contributed by atoms with Gasteiger partial charge in [-0.05, 0) is 6.07 Å². The van der Waals surface area contributed by atoms with Gasteiger partial charge in [0.2, 0.25) is 0 Å². The average molecular weight is 263 g/mol. The Morgan fingerprint density at radius 3 is 2.75 bits per heavy atom. The molecule has 1 saturated heterocycles. The highest BCUT2D eigenvalue weighted by atomic mass is 16.2. The SMILES string of the molecule is N=C1/C(=C2/C(=O)NC3C=CC=CC23)Nc2ccccc21. The fraction of sp³-hybridized carbons (Fsp3) is 0.125. The molecular formula is C16H13N3O. The summed E-state index contributed by atoms with van der Waals surface area (Å²) in [6, 6.07) is 7.67. The van der Waals surface area contributed by atoms with Gasteiger partial charge in [-0.1, -0.05) is 42.5 Å². The molecule has 20 heavy (non-hydrogen) atoms. The standard InChI is InChI=1S/C16H13N3O/c17-14-10-6-2-4-8-12(10)18-15(14)13-9-5-1-3-7-11(9)19-16(13)20/h1-9,11,17-18H,(H,19,20)/b15-13-,17-14?. The van der Waals surface area contributed by atoms with Crippen LogP contribution in [0.15, 0.2) is 59.8 Å². The van der Waals surface area contributed by atoms with Crippen molar-refractivity contribution >= 4 is 17.3 Å². The molecule has 0 radical (unpaired) electrons. The van der Waals surface area contributed by atoms with E-state index in [0.29, 0.717) is 17.0 Å². The third kappa shape index (κ3) is 1.42. The Balaban J connectivity index is 1.85. The van der Waals surface area contributed by atoms with Crippen LogP contribution in [0.3, 0.4) is 0 Å². The Hall–Kier alpha value is -2.62. The first-order valence-electron chi connectivity index (χ1n) is 6.61. The lowest BCUT2D eigenvalue weighted by Crippen LogP contribution is -2.26. The number of rotatable bonds is 0. The number of para-hydroxylation sites is 1. The van der Waals surface area contributed by atoms with Crippen LogP contribution in [0.1, 0.15) is 5.56 Å². The van der Waals surface area contributed by atoms with Gasteiger partial charge >= 0.3 is 0 Å². The lowest BCUT2D eigenvalue weighted by molar-refractivity contribution is -0.116. The maximum absolute atomic E-state index is 12.3. The van der Waals surface area contributed by atoms with Gasteiger partial charge in [0.25, 0.3) is 5.91 Å². The Labute approximate surface area is 116 Å². The molecule has 3 aliphatic rings. The van der Waals surface area contributed by atoms with E-state index in [1.165, 1.54) is 0 Å². The smallest absolute Gasteiger partial charge is 0.250 e. The van der Waals surface area contributed by atoms with Gasteiger partial charge in [-0.25, -0.2) is 0 Å². The van der Waals surface area contributed by atoms with Gasteiger partial charge < -0.3 is 10.6 Å². The summed E-state index contributed by atoms with van der Waals surface area (Å²) in [6.07, 6.45) is 7.90. The van der Waals surface area contributed by atoms with Crippen LogP contribution in [0.5, 0.6) is 0 Å². The molecule has 1 aromatic rings. The summed E-state index contributed by atoms with van der Waals surface area (Å²) in [5, 5.41) is 14.5. The molecule has 0 saturated carbocycles. The normalized spacial score (nSPS) is 30.0. The van der Waals surface area contributed by atoms with E-state index in [1.54, 1.807) is 0 Å². The Bertz CT molecular complexity index is 727. The van der Waals surface area contributed by atoms with Crippen molar-refractivity contribution in [3.63, 3.8) is 0 Å². The van der Waals surface area contributed by atoms with Crippen LogP contribution in [0.2, 0.25) is 0 Å². The van der Waals surface area contributed by atoms with Crippen molar-refractivity contribution in [1.82, 2.24) is 5.32 Å². The third-order valence-corrected chi connectivity index (χ3v) is 3.99. The van der Waals surface area contributed by atoms with Gasteiger partial charge in [-0.3, -0.25) is 10.2 Å². The number of amides is 1. The minimum atomic E-state index is -0.0868. The second-order valence-corrected chi connectivity index (χ2v) is 5.13. The highest BCUT2D eigenvalue weighted by Gasteiger charge is 2.39. The van der Waals surface area contributed by atoms with E-state index in [1.807, 2.05) is 48.6 Å². The van der Waals surface area contributed by atoms with Gasteiger partial charge in [0.15, 0.2) is 0 Å². The molecular weight excluding hydrogens is 250 g/mol. The number of allylic oxidation sites excluding steroid dienone is 3. The van der Waals surface area contributed by atoms with E-state index in [-0.39, 0.29) is 17.9 Å². The van der Waals surface area contributed by atoms with Crippen molar-refractivity contribution in [3.8, 4) is 0 Å². The molecule has 98 valence electrons. The fourth-order valence-electron chi connectivity index (χ4n) is 3.03. The molecule has 4 rings (SSSR count). The van der Waals surface area contributed by atoms with Crippen LogP contribution >= 0.6 is 0 Å². The van der Waals surface area contributed by atoms with Crippen LogP contribution in [0, 0.1) is 11.3 Å². The predicted octanol–water partition coefficient (Wildman–Crippen LogP) is 1.97. The molecule has 4 heteroatoms. The van der Waals surface area contributed by atoms with E-state index in [2.05, 4.69) is 10.6 Å². The molecule has 1 aromatic carbocycles. The summed E-state index contributed by atoms with van der Waals surface area (Å²) in [4.78, 5) is 12.3. The molecule has 3 N–H and O–H groups in total. The maximum atomic E-state index is 12.3. The molecule has 2 aliphatic heterocycles. The lowest BCUT2D eigenvalue weighted by Gasteiger charge is -2.15. The highest BCUT2D eigenvalue weighted by molar-refractivity contribution is 6.23. The fourth-order valence-corrected chi connectivity index (χ4v) is 3.03. The molecule has 0 aromatic heterocycles. The van der Waals surface area contributed by atoms with Crippen molar-refractivity contribution in [2.45, 2.75) is 6.04 Å². The summed E-state index contributed by atoms with van der Waals surface area (Å²) in [6.45, 7) is 0. The van der Waals surface area contributed by atoms with Crippen molar-refractivity contribution in [3.05, 3.63) is 65.4 Å². The number of anilines is 1. The van der Waals surface area contributed by atoms with Gasteiger partial charge in [-0.15, -0.1) is 0 Å². The zero-order valence-electron chi connectivity index (χ0n) is 10.7. The number of benzene rings is 1. The van der Waals surface area contributed by atoms with Crippen molar-refractivity contribution in [2.24, 2.45) is 5.92 Å². The number of nitrogens with one attached hydrogen (secondary N) is 3. The van der Waals surface area contributed by atoms with Crippen LogP contribution in [0.4, 0.5) is 5.69 Å². The average Bonchev–Trinajstić information content (AvgIpc) is 2.96. The molecule has 1 amide bonds. The number of carbonyl (C=O) groups is 1. The summed E-state index contributed by atoms with van der Waals surface area (Å²) in [5.41, 5.74) is 3.44. The van der Waals surface area contributed by atoms with E-state index in [9.17, 15) is 4.79 Å². The van der Waals surface area contributed by atoms with Crippen LogP contribution in [-0.4, -0.2) is 17.7 Å². The Morgan fingerprint density at radius 2 is 1.90 bits per heavy atom. The summed E-state index contributed by atoms with van der Waals surface area (Å²) < 4.78 is 0. The summed E-state index contributed by atoms with van der Waals surface area (Å²) >= 11 is 0. The molecule has 2 atom stereocenters. The van der Waals surface area contributed by atoms with Crippen LogP contribution in [0.25, 0.3) is 0 Å². The van der Waals surface area contributed by atoms with Crippen molar-refractivity contribution < 1.29 is 4.79 Å². The van der Waals surface area contributed by atoms with E-state index in [0.717, 1.165) is 11.3 Å². The predicted molar refractivity (Wildman–Crippen MR) is 77.6 cm³/mol. The quantitative estimate of drug-likeness (QED) is 0.627. The first-order chi connectivity index (χ1) is 9.75. The van der Waals surface area contributed by atoms with Gasteiger partial charge in [0, 0.05) is 17.2 Å². The van der Waals surface area contributed by atoms with Gasteiger partial charge in [-0.2, -0.15) is 0 Å². The Morgan fingerprint density at radius 1 is 1.10 bits per heavy atom. The molecule has 1 aliphatic carbocycles. The Kier molecular flexibility index (Phi) is 2.21. The molecule has 0 bridgehead atoms.